The Hall–Kier alpha value is -1.07. The first-order chi connectivity index (χ1) is 9.17. The Morgan fingerprint density at radius 2 is 1.84 bits per heavy atom. The van der Waals surface area contributed by atoms with E-state index < -0.39 is 0 Å². The molecule has 0 aliphatic carbocycles. The third-order valence-corrected chi connectivity index (χ3v) is 4.18. The Morgan fingerprint density at radius 1 is 1.11 bits per heavy atom. The van der Waals surface area contributed by atoms with E-state index in [1.54, 1.807) is 7.11 Å². The van der Waals surface area contributed by atoms with Crippen LogP contribution in [0.5, 0.6) is 5.75 Å². The molecule has 100 valence electrons. The Labute approximate surface area is 128 Å². The predicted octanol–water partition coefficient (Wildman–Crippen LogP) is 3.92. The van der Waals surface area contributed by atoms with Gasteiger partial charge in [0.25, 0.3) is 0 Å². The van der Waals surface area contributed by atoms with Crippen LogP contribution in [0.3, 0.4) is 0 Å². The number of rotatable bonds is 4. The molecule has 0 saturated carbocycles. The Bertz CT molecular complexity index is 568. The number of methoxy groups -OCH3 is 1. The smallest absolute Gasteiger partial charge is 0.123 e. The lowest BCUT2D eigenvalue weighted by molar-refractivity contribution is 0.405. The maximum Gasteiger partial charge on any atom is 0.123 e. The summed E-state index contributed by atoms with van der Waals surface area (Å²) < 4.78 is 6.75. The van der Waals surface area contributed by atoms with Crippen LogP contribution in [0.4, 0.5) is 0 Å². The van der Waals surface area contributed by atoms with Gasteiger partial charge < -0.3 is 10.1 Å². The van der Waals surface area contributed by atoms with Crippen LogP contribution in [0.25, 0.3) is 0 Å². The first kappa shape index (κ1) is 14.3. The van der Waals surface area contributed by atoms with E-state index in [0.29, 0.717) is 0 Å². The quantitative estimate of drug-likeness (QED) is 0.828. The van der Waals surface area contributed by atoms with Crippen LogP contribution in [0.15, 0.2) is 42.5 Å². The Kier molecular flexibility index (Phi) is 4.82. The van der Waals surface area contributed by atoms with Gasteiger partial charge in [0.1, 0.15) is 5.75 Å². The first-order valence-corrected chi connectivity index (χ1v) is 7.31. The second-order valence-corrected chi connectivity index (χ2v) is 5.65. The molecule has 0 radical (unpaired) electrons. The van der Waals surface area contributed by atoms with Gasteiger partial charge in [-0.15, -0.1) is 0 Å². The summed E-state index contributed by atoms with van der Waals surface area (Å²) >= 11 is 2.38. The standard InChI is InChI=1S/C16H18INO/c1-11-8-9-15(19-3)13(10-11)16(18-2)12-6-4-5-7-14(12)17/h4-10,16,18H,1-3H3. The van der Waals surface area contributed by atoms with E-state index in [4.69, 9.17) is 4.74 Å². The van der Waals surface area contributed by atoms with Gasteiger partial charge in [0.05, 0.1) is 13.2 Å². The third kappa shape index (κ3) is 3.09. The van der Waals surface area contributed by atoms with Crippen LogP contribution in [-0.4, -0.2) is 14.2 Å². The summed E-state index contributed by atoms with van der Waals surface area (Å²) in [5.41, 5.74) is 3.69. The molecule has 2 nitrogen and oxygen atoms in total. The molecule has 1 atom stereocenters. The molecule has 2 rings (SSSR count). The molecule has 0 aliphatic rings. The maximum absolute atomic E-state index is 5.50. The number of hydrogen-bond acceptors (Lipinski definition) is 2. The molecule has 0 aliphatic heterocycles. The van der Waals surface area contributed by atoms with Crippen molar-refractivity contribution in [1.82, 2.24) is 5.32 Å². The summed E-state index contributed by atoms with van der Waals surface area (Å²) in [5.74, 6) is 0.921. The predicted molar refractivity (Wildman–Crippen MR) is 87.8 cm³/mol. The van der Waals surface area contributed by atoms with Gasteiger partial charge >= 0.3 is 0 Å². The number of aryl methyl sites for hydroxylation is 1. The topological polar surface area (TPSA) is 21.3 Å². The van der Waals surface area contributed by atoms with E-state index in [1.807, 2.05) is 13.1 Å². The summed E-state index contributed by atoms with van der Waals surface area (Å²) in [5, 5.41) is 3.39. The summed E-state index contributed by atoms with van der Waals surface area (Å²) in [6, 6.07) is 14.9. The van der Waals surface area contributed by atoms with Gasteiger partial charge in [-0.1, -0.05) is 35.9 Å². The van der Waals surface area contributed by atoms with Crippen LogP contribution in [-0.2, 0) is 0 Å². The van der Waals surface area contributed by atoms with Gasteiger partial charge in [-0.2, -0.15) is 0 Å². The van der Waals surface area contributed by atoms with Crippen LogP contribution in [0.2, 0.25) is 0 Å². The van der Waals surface area contributed by atoms with Crippen molar-refractivity contribution in [3.05, 3.63) is 62.7 Å². The van der Waals surface area contributed by atoms with Crippen molar-refractivity contribution in [2.75, 3.05) is 14.2 Å². The van der Waals surface area contributed by atoms with E-state index in [9.17, 15) is 0 Å². The van der Waals surface area contributed by atoms with Crippen molar-refractivity contribution in [2.45, 2.75) is 13.0 Å². The summed E-state index contributed by atoms with van der Waals surface area (Å²) in [7, 11) is 3.70. The zero-order valence-corrected chi connectivity index (χ0v) is 13.6. The van der Waals surface area contributed by atoms with Crippen molar-refractivity contribution in [3.8, 4) is 5.75 Å². The molecule has 0 fully saturated rings. The molecule has 1 unspecified atom stereocenters. The minimum absolute atomic E-state index is 0.142. The highest BCUT2D eigenvalue weighted by Crippen LogP contribution is 2.32. The number of nitrogens with one attached hydrogen (secondary N) is 1. The Balaban J connectivity index is 2.54. The zero-order chi connectivity index (χ0) is 13.8. The van der Waals surface area contributed by atoms with Crippen molar-refractivity contribution < 1.29 is 4.74 Å². The SMILES string of the molecule is CNC(c1ccccc1I)c1cc(C)ccc1OC. The van der Waals surface area contributed by atoms with E-state index in [2.05, 4.69) is 71.2 Å². The second-order valence-electron chi connectivity index (χ2n) is 4.49. The van der Waals surface area contributed by atoms with E-state index in [0.717, 1.165) is 5.75 Å². The Morgan fingerprint density at radius 3 is 2.47 bits per heavy atom. The highest BCUT2D eigenvalue weighted by atomic mass is 127. The third-order valence-electron chi connectivity index (χ3n) is 3.20. The lowest BCUT2D eigenvalue weighted by Gasteiger charge is -2.21. The fourth-order valence-corrected chi connectivity index (χ4v) is 2.97. The van der Waals surface area contributed by atoms with Gasteiger partial charge in [-0.3, -0.25) is 0 Å². The molecular weight excluding hydrogens is 349 g/mol. The van der Waals surface area contributed by atoms with Gasteiger partial charge in [-0.05, 0) is 54.3 Å². The monoisotopic (exact) mass is 367 g/mol. The van der Waals surface area contributed by atoms with E-state index >= 15 is 0 Å². The van der Waals surface area contributed by atoms with E-state index in [-0.39, 0.29) is 6.04 Å². The molecule has 0 bridgehead atoms. The van der Waals surface area contributed by atoms with Crippen molar-refractivity contribution in [3.63, 3.8) is 0 Å². The molecule has 1 N–H and O–H groups in total. The molecule has 0 heterocycles. The molecule has 3 heteroatoms. The molecular formula is C16H18INO. The van der Waals surface area contributed by atoms with Crippen LogP contribution in [0, 0.1) is 10.5 Å². The number of benzene rings is 2. The van der Waals surface area contributed by atoms with Crippen LogP contribution in [0.1, 0.15) is 22.7 Å². The fourth-order valence-electron chi connectivity index (χ4n) is 2.27. The lowest BCUT2D eigenvalue weighted by atomic mass is 9.96. The molecule has 19 heavy (non-hydrogen) atoms. The van der Waals surface area contributed by atoms with Gasteiger partial charge in [0.15, 0.2) is 0 Å². The van der Waals surface area contributed by atoms with Crippen molar-refractivity contribution in [2.24, 2.45) is 0 Å². The molecule has 0 aromatic heterocycles. The average Bonchev–Trinajstić information content (AvgIpc) is 2.42. The lowest BCUT2D eigenvalue weighted by Crippen LogP contribution is -2.19. The molecule has 0 spiro atoms. The van der Waals surface area contributed by atoms with E-state index in [1.165, 1.54) is 20.3 Å². The summed E-state index contributed by atoms with van der Waals surface area (Å²) in [6.07, 6.45) is 0. The maximum atomic E-state index is 5.50. The highest BCUT2D eigenvalue weighted by molar-refractivity contribution is 14.1. The first-order valence-electron chi connectivity index (χ1n) is 6.23. The second kappa shape index (κ2) is 6.39. The summed E-state index contributed by atoms with van der Waals surface area (Å²) in [4.78, 5) is 0. The van der Waals surface area contributed by atoms with Crippen LogP contribution < -0.4 is 10.1 Å². The van der Waals surface area contributed by atoms with Gasteiger partial charge in [0.2, 0.25) is 0 Å². The molecule has 2 aromatic rings. The molecule has 0 amide bonds. The number of hydrogen-bond donors (Lipinski definition) is 1. The minimum atomic E-state index is 0.142. The summed E-state index contributed by atoms with van der Waals surface area (Å²) in [6.45, 7) is 2.10. The van der Waals surface area contributed by atoms with Gasteiger partial charge in [-0.25, -0.2) is 0 Å². The fraction of sp³-hybridized carbons (Fsp3) is 0.250. The average molecular weight is 367 g/mol. The molecule has 0 saturated heterocycles. The van der Waals surface area contributed by atoms with Gasteiger partial charge in [0, 0.05) is 9.13 Å². The highest BCUT2D eigenvalue weighted by Gasteiger charge is 2.18. The minimum Gasteiger partial charge on any atom is -0.496 e. The zero-order valence-electron chi connectivity index (χ0n) is 11.4. The number of halogens is 1. The largest absolute Gasteiger partial charge is 0.496 e. The normalized spacial score (nSPS) is 12.2. The van der Waals surface area contributed by atoms with Crippen molar-refractivity contribution in [1.29, 1.82) is 0 Å². The van der Waals surface area contributed by atoms with Crippen LogP contribution >= 0.6 is 22.6 Å². The number of ether oxygens (including phenoxy) is 1. The molecule has 2 aromatic carbocycles. The van der Waals surface area contributed by atoms with Crippen molar-refractivity contribution >= 4 is 22.6 Å².